The molecule has 6 heteroatoms. The van der Waals surface area contributed by atoms with Gasteiger partial charge in [-0.1, -0.05) is 18.2 Å². The molecule has 0 aliphatic heterocycles. The van der Waals surface area contributed by atoms with Crippen molar-refractivity contribution >= 4 is 26.8 Å². The summed E-state index contributed by atoms with van der Waals surface area (Å²) in [6.07, 6.45) is 2.70. The van der Waals surface area contributed by atoms with E-state index in [0.29, 0.717) is 0 Å². The van der Waals surface area contributed by atoms with Crippen molar-refractivity contribution in [2.75, 3.05) is 20.8 Å². The highest BCUT2D eigenvalue weighted by Crippen LogP contribution is 2.32. The van der Waals surface area contributed by atoms with Crippen LogP contribution in [-0.4, -0.2) is 31.0 Å². The number of hydrogen-bond acceptors (Lipinski definition) is 4. The summed E-state index contributed by atoms with van der Waals surface area (Å²) in [5.41, 5.74) is 3.42. The summed E-state index contributed by atoms with van der Waals surface area (Å²) in [6, 6.07) is 10.2. The maximum atomic E-state index is 5.46. The van der Waals surface area contributed by atoms with E-state index in [1.54, 1.807) is 14.2 Å². The molecule has 1 heterocycles. The molecule has 0 saturated carbocycles. The highest BCUT2D eigenvalue weighted by Gasteiger charge is 2.09. The quantitative estimate of drug-likeness (QED) is 0.605. The van der Waals surface area contributed by atoms with Gasteiger partial charge in [0.1, 0.15) is 11.5 Å². The molecule has 0 fully saturated rings. The summed E-state index contributed by atoms with van der Waals surface area (Å²) < 4.78 is 11.7. The molecule has 0 aliphatic rings. The normalized spacial score (nSPS) is 11.0. The fourth-order valence-electron chi connectivity index (χ4n) is 2.74. The molecule has 0 amide bonds. The van der Waals surface area contributed by atoms with Gasteiger partial charge in [-0.25, -0.2) is 0 Å². The fraction of sp³-hybridized carbons (Fsp3) is 0.278. The number of halogens is 1. The first-order valence-electron chi connectivity index (χ1n) is 7.75. The van der Waals surface area contributed by atoms with E-state index in [1.807, 2.05) is 18.3 Å². The molecule has 0 unspecified atom stereocenters. The SMILES string of the molecule is COc1cc(CCNCc2cccc3cn[nH]c23)c(OC)cc1Br. The van der Waals surface area contributed by atoms with Crippen molar-refractivity contribution in [3.8, 4) is 11.5 Å². The first-order chi connectivity index (χ1) is 11.7. The molecule has 0 atom stereocenters. The third kappa shape index (κ3) is 3.55. The summed E-state index contributed by atoms with van der Waals surface area (Å²) >= 11 is 3.48. The van der Waals surface area contributed by atoms with E-state index in [4.69, 9.17) is 9.47 Å². The van der Waals surface area contributed by atoms with Crippen molar-refractivity contribution in [1.29, 1.82) is 0 Å². The number of rotatable bonds is 7. The lowest BCUT2D eigenvalue weighted by molar-refractivity contribution is 0.396. The van der Waals surface area contributed by atoms with Crippen molar-refractivity contribution in [2.24, 2.45) is 0 Å². The van der Waals surface area contributed by atoms with Crippen molar-refractivity contribution in [1.82, 2.24) is 15.5 Å². The van der Waals surface area contributed by atoms with Crippen LogP contribution in [0.3, 0.4) is 0 Å². The van der Waals surface area contributed by atoms with Crippen molar-refractivity contribution in [3.63, 3.8) is 0 Å². The minimum atomic E-state index is 0.787. The molecule has 0 spiro atoms. The second kappa shape index (κ2) is 7.68. The van der Waals surface area contributed by atoms with Crippen LogP contribution < -0.4 is 14.8 Å². The topological polar surface area (TPSA) is 59.2 Å². The van der Waals surface area contributed by atoms with Gasteiger partial charge in [-0.15, -0.1) is 0 Å². The molecule has 5 nitrogen and oxygen atoms in total. The van der Waals surface area contributed by atoms with E-state index in [0.717, 1.165) is 51.9 Å². The molecule has 24 heavy (non-hydrogen) atoms. The van der Waals surface area contributed by atoms with Crippen LogP contribution in [0.4, 0.5) is 0 Å². The smallest absolute Gasteiger partial charge is 0.133 e. The summed E-state index contributed by atoms with van der Waals surface area (Å²) in [4.78, 5) is 0. The first-order valence-corrected chi connectivity index (χ1v) is 8.54. The number of methoxy groups -OCH3 is 2. The van der Waals surface area contributed by atoms with Gasteiger partial charge in [0.2, 0.25) is 0 Å². The number of H-pyrrole nitrogens is 1. The van der Waals surface area contributed by atoms with Gasteiger partial charge in [-0.05, 0) is 52.2 Å². The molecule has 2 N–H and O–H groups in total. The van der Waals surface area contributed by atoms with E-state index in [9.17, 15) is 0 Å². The van der Waals surface area contributed by atoms with Gasteiger partial charge in [0, 0.05) is 11.9 Å². The van der Waals surface area contributed by atoms with Crippen LogP contribution in [-0.2, 0) is 13.0 Å². The first kappa shape index (κ1) is 16.8. The zero-order valence-electron chi connectivity index (χ0n) is 13.7. The summed E-state index contributed by atoms with van der Waals surface area (Å²) in [6.45, 7) is 1.63. The van der Waals surface area contributed by atoms with Gasteiger partial charge in [0.05, 0.1) is 30.4 Å². The average Bonchev–Trinajstić information content (AvgIpc) is 3.08. The molecule has 2 aromatic carbocycles. The number of benzene rings is 2. The Morgan fingerprint density at radius 2 is 1.96 bits per heavy atom. The van der Waals surface area contributed by atoms with Crippen molar-refractivity contribution < 1.29 is 9.47 Å². The van der Waals surface area contributed by atoms with Gasteiger partial charge >= 0.3 is 0 Å². The number of nitrogens with zero attached hydrogens (tertiary/aromatic N) is 1. The molecule has 1 aromatic heterocycles. The van der Waals surface area contributed by atoms with E-state index in [1.165, 1.54) is 5.56 Å². The minimum Gasteiger partial charge on any atom is -0.496 e. The molecule has 0 radical (unpaired) electrons. The summed E-state index contributed by atoms with van der Waals surface area (Å²) in [5.74, 6) is 1.67. The Labute approximate surface area is 149 Å². The standard InChI is InChI=1S/C18H20BrN3O2/c1-23-16-9-15(19)17(24-2)8-12(16)6-7-20-10-13-4-3-5-14-11-21-22-18(13)14/h3-5,8-9,11,20H,6-7,10H2,1-2H3,(H,21,22). The van der Waals surface area contributed by atoms with Crippen LogP contribution in [0.15, 0.2) is 41.0 Å². The average molecular weight is 390 g/mol. The van der Waals surface area contributed by atoms with E-state index >= 15 is 0 Å². The van der Waals surface area contributed by atoms with Crippen LogP contribution in [0.25, 0.3) is 10.9 Å². The van der Waals surface area contributed by atoms with Crippen LogP contribution >= 0.6 is 15.9 Å². The van der Waals surface area contributed by atoms with E-state index in [-0.39, 0.29) is 0 Å². The molecular weight excluding hydrogens is 370 g/mol. The number of fused-ring (bicyclic) bond motifs is 1. The maximum Gasteiger partial charge on any atom is 0.133 e. The van der Waals surface area contributed by atoms with E-state index < -0.39 is 0 Å². The highest BCUT2D eigenvalue weighted by molar-refractivity contribution is 9.10. The fourth-order valence-corrected chi connectivity index (χ4v) is 3.23. The molecule has 0 saturated heterocycles. The number of ether oxygens (including phenoxy) is 2. The number of para-hydroxylation sites is 1. The third-order valence-corrected chi connectivity index (χ3v) is 4.62. The lowest BCUT2D eigenvalue weighted by Crippen LogP contribution is -2.17. The van der Waals surface area contributed by atoms with E-state index in [2.05, 4.69) is 49.6 Å². The Morgan fingerprint density at radius 1 is 1.12 bits per heavy atom. The van der Waals surface area contributed by atoms with Crippen LogP contribution in [0.2, 0.25) is 0 Å². The lowest BCUT2D eigenvalue weighted by atomic mass is 10.1. The molecule has 126 valence electrons. The Morgan fingerprint density at radius 3 is 2.75 bits per heavy atom. The van der Waals surface area contributed by atoms with Crippen LogP contribution in [0, 0.1) is 0 Å². The van der Waals surface area contributed by atoms with Gasteiger partial charge in [-0.2, -0.15) is 5.10 Å². The monoisotopic (exact) mass is 389 g/mol. The Kier molecular flexibility index (Phi) is 5.37. The van der Waals surface area contributed by atoms with Gasteiger partial charge < -0.3 is 14.8 Å². The highest BCUT2D eigenvalue weighted by atomic mass is 79.9. The molecular formula is C18H20BrN3O2. The maximum absolute atomic E-state index is 5.46. The summed E-state index contributed by atoms with van der Waals surface area (Å²) in [5, 5.41) is 11.8. The second-order valence-corrected chi connectivity index (χ2v) is 6.33. The number of aromatic nitrogens is 2. The zero-order chi connectivity index (χ0) is 16.9. The Bertz CT molecular complexity index is 832. The number of hydrogen-bond donors (Lipinski definition) is 2. The predicted octanol–water partition coefficient (Wildman–Crippen LogP) is 3.67. The molecule has 0 aliphatic carbocycles. The molecule has 3 rings (SSSR count). The predicted molar refractivity (Wildman–Crippen MR) is 98.8 cm³/mol. The van der Waals surface area contributed by atoms with Gasteiger partial charge in [0.15, 0.2) is 0 Å². The van der Waals surface area contributed by atoms with Crippen LogP contribution in [0.1, 0.15) is 11.1 Å². The molecule has 0 bridgehead atoms. The molecule has 3 aromatic rings. The van der Waals surface area contributed by atoms with Gasteiger partial charge in [-0.3, -0.25) is 5.10 Å². The van der Waals surface area contributed by atoms with Gasteiger partial charge in [0.25, 0.3) is 0 Å². The third-order valence-electron chi connectivity index (χ3n) is 4.00. The zero-order valence-corrected chi connectivity index (χ0v) is 15.3. The Balaban J connectivity index is 1.63. The van der Waals surface area contributed by atoms with Crippen LogP contribution in [0.5, 0.6) is 11.5 Å². The largest absolute Gasteiger partial charge is 0.496 e. The Hall–Kier alpha value is -2.05. The second-order valence-electron chi connectivity index (χ2n) is 5.48. The lowest BCUT2D eigenvalue weighted by Gasteiger charge is -2.13. The van der Waals surface area contributed by atoms with Crippen molar-refractivity contribution in [2.45, 2.75) is 13.0 Å². The minimum absolute atomic E-state index is 0.787. The number of nitrogens with one attached hydrogen (secondary N) is 2. The number of aromatic amines is 1. The van der Waals surface area contributed by atoms with Crippen molar-refractivity contribution in [3.05, 3.63) is 52.1 Å². The summed E-state index contributed by atoms with van der Waals surface area (Å²) in [7, 11) is 3.35.